The predicted octanol–water partition coefficient (Wildman–Crippen LogP) is 0.104. The van der Waals surface area contributed by atoms with E-state index in [4.69, 9.17) is 16.4 Å². The van der Waals surface area contributed by atoms with Crippen molar-refractivity contribution in [3.63, 3.8) is 0 Å². The number of nitriles is 1. The summed E-state index contributed by atoms with van der Waals surface area (Å²) in [6.45, 7) is 0.127. The molecule has 0 spiro atoms. The summed E-state index contributed by atoms with van der Waals surface area (Å²) in [6.07, 6.45) is 7.48. The third kappa shape index (κ3) is 1.38. The van der Waals surface area contributed by atoms with Gasteiger partial charge in [-0.05, 0) is 0 Å². The zero-order chi connectivity index (χ0) is 8.97. The second kappa shape index (κ2) is 3.45. The Morgan fingerprint density at radius 2 is 2.58 bits per heavy atom. The second-order valence-corrected chi connectivity index (χ2v) is 2.02. The van der Waals surface area contributed by atoms with E-state index in [1.165, 1.54) is 4.68 Å². The molecule has 0 aliphatic heterocycles. The molecule has 4 heteroatoms. The lowest BCUT2D eigenvalue weighted by Gasteiger charge is -2.00. The molecule has 4 nitrogen and oxygen atoms in total. The predicted molar refractivity (Wildman–Crippen MR) is 41.1 cm³/mol. The Balaban J connectivity index is 2.90. The summed E-state index contributed by atoms with van der Waals surface area (Å²) in [6, 6.07) is 1.89. The van der Waals surface area contributed by atoms with Gasteiger partial charge in [-0.1, -0.05) is 5.92 Å². The van der Waals surface area contributed by atoms with Crippen LogP contribution in [-0.4, -0.2) is 16.4 Å². The highest BCUT2D eigenvalue weighted by Gasteiger charge is 2.08. The van der Waals surface area contributed by atoms with Crippen LogP contribution in [0, 0.1) is 29.9 Å². The summed E-state index contributed by atoms with van der Waals surface area (Å²) in [5.41, 5.74) is 0.271. The molecule has 0 aromatic carbocycles. The van der Waals surface area contributed by atoms with Crippen molar-refractivity contribution >= 4 is 0 Å². The Morgan fingerprint density at radius 3 is 3.17 bits per heavy atom. The molecule has 1 aromatic rings. The van der Waals surface area contributed by atoms with Crippen molar-refractivity contribution in [2.24, 2.45) is 7.05 Å². The highest BCUT2D eigenvalue weighted by Crippen LogP contribution is 2.14. The monoisotopic (exact) mass is 160 g/mol. The van der Waals surface area contributed by atoms with Crippen LogP contribution in [0.1, 0.15) is 5.56 Å². The number of aryl methyl sites for hydroxylation is 1. The topological polar surface area (TPSA) is 50.8 Å². The van der Waals surface area contributed by atoms with Gasteiger partial charge < -0.3 is 4.74 Å². The van der Waals surface area contributed by atoms with Crippen LogP contribution in [0.5, 0.6) is 5.88 Å². The largest absolute Gasteiger partial charge is 0.464 e. The summed E-state index contributed by atoms with van der Waals surface area (Å²) in [7, 11) is 1.66. The minimum Gasteiger partial charge on any atom is -0.464 e. The molecule has 0 aliphatic carbocycles. The van der Waals surface area contributed by atoms with E-state index >= 15 is 0 Å². The van der Waals surface area contributed by atoms with E-state index in [0.29, 0.717) is 5.88 Å². The zero-order valence-corrected chi connectivity index (χ0v) is 6.53. The quantitative estimate of drug-likeness (QED) is 0.577. The highest BCUT2D eigenvalue weighted by atomic mass is 16.5. The Labute approximate surface area is 70.4 Å². The summed E-state index contributed by atoms with van der Waals surface area (Å²) in [5, 5.41) is 12.3. The molecule has 59 valence electrons. The number of hydrogen-bond donors (Lipinski definition) is 0. The molecule has 0 aliphatic rings. The lowest BCUT2D eigenvalue weighted by Crippen LogP contribution is -2.01. The molecule has 0 atom stereocenters. The Bertz CT molecular complexity index is 353. The number of nitrogens with zero attached hydrogens (tertiary/aromatic N) is 3. The van der Waals surface area contributed by atoms with Crippen LogP contribution in [0.15, 0.2) is 0 Å². The third-order valence-electron chi connectivity index (χ3n) is 1.22. The molecule has 1 radical (unpaired) electrons. The molecule has 1 rings (SSSR count). The maximum absolute atomic E-state index is 8.56. The molecule has 0 bridgehead atoms. The van der Waals surface area contributed by atoms with Crippen LogP contribution < -0.4 is 4.74 Å². The van der Waals surface area contributed by atoms with Gasteiger partial charge in [-0.25, -0.2) is 4.68 Å². The van der Waals surface area contributed by atoms with Gasteiger partial charge in [0.2, 0.25) is 5.88 Å². The molecule has 1 heterocycles. The fraction of sp³-hybridized carbons (Fsp3) is 0.250. The van der Waals surface area contributed by atoms with E-state index in [2.05, 4.69) is 17.2 Å². The van der Waals surface area contributed by atoms with E-state index in [1.807, 2.05) is 6.07 Å². The highest BCUT2D eigenvalue weighted by molar-refractivity contribution is 5.35. The van der Waals surface area contributed by atoms with E-state index in [0.717, 1.165) is 0 Å². The van der Waals surface area contributed by atoms with Crippen LogP contribution in [0.2, 0.25) is 0 Å². The van der Waals surface area contributed by atoms with Crippen molar-refractivity contribution in [2.75, 3.05) is 6.61 Å². The molecule has 1 aromatic heterocycles. The average Bonchev–Trinajstić information content (AvgIpc) is 2.43. The van der Waals surface area contributed by atoms with Gasteiger partial charge >= 0.3 is 0 Å². The lowest BCUT2D eigenvalue weighted by molar-refractivity contribution is 0.334. The normalized spacial score (nSPS) is 8.58. The van der Waals surface area contributed by atoms with Crippen molar-refractivity contribution < 1.29 is 4.74 Å². The number of aromatic nitrogens is 2. The summed E-state index contributed by atoms with van der Waals surface area (Å²) in [4.78, 5) is 0. The second-order valence-electron chi connectivity index (χ2n) is 2.02. The van der Waals surface area contributed by atoms with Crippen LogP contribution in [0.25, 0.3) is 0 Å². The first-order chi connectivity index (χ1) is 5.79. The molecule has 0 amide bonds. The number of hydrogen-bond acceptors (Lipinski definition) is 3. The lowest BCUT2D eigenvalue weighted by atomic mass is 10.4. The summed E-state index contributed by atoms with van der Waals surface area (Å²) >= 11 is 0. The van der Waals surface area contributed by atoms with E-state index < -0.39 is 0 Å². The third-order valence-corrected chi connectivity index (χ3v) is 1.22. The van der Waals surface area contributed by atoms with Crippen molar-refractivity contribution in [1.82, 2.24) is 9.78 Å². The fourth-order valence-corrected chi connectivity index (χ4v) is 0.728. The van der Waals surface area contributed by atoms with Crippen LogP contribution >= 0.6 is 0 Å². The van der Waals surface area contributed by atoms with Gasteiger partial charge in [-0.15, -0.1) is 6.42 Å². The molecule has 0 unspecified atom stereocenters. The first-order valence-electron chi connectivity index (χ1n) is 3.20. The van der Waals surface area contributed by atoms with Crippen LogP contribution in [0.4, 0.5) is 0 Å². The molecular weight excluding hydrogens is 154 g/mol. The van der Waals surface area contributed by atoms with Crippen molar-refractivity contribution in [3.05, 3.63) is 11.8 Å². The number of rotatable bonds is 2. The van der Waals surface area contributed by atoms with Gasteiger partial charge in [0.15, 0.2) is 6.61 Å². The molecule has 12 heavy (non-hydrogen) atoms. The number of terminal acetylenes is 1. The summed E-state index contributed by atoms with van der Waals surface area (Å²) < 4.78 is 6.47. The molecule has 0 N–H and O–H groups in total. The maximum atomic E-state index is 8.56. The van der Waals surface area contributed by atoms with E-state index in [-0.39, 0.29) is 12.2 Å². The van der Waals surface area contributed by atoms with Crippen molar-refractivity contribution in [2.45, 2.75) is 0 Å². The van der Waals surface area contributed by atoms with Crippen molar-refractivity contribution in [1.29, 1.82) is 5.26 Å². The van der Waals surface area contributed by atoms with E-state index in [1.54, 1.807) is 7.05 Å². The fourth-order valence-electron chi connectivity index (χ4n) is 0.728. The molecule has 0 saturated carbocycles. The van der Waals surface area contributed by atoms with Gasteiger partial charge in [0.1, 0.15) is 17.8 Å². The number of ether oxygens (including phenoxy) is 1. The SMILES string of the molecule is C#CCOc1c(C#N)[c]nn1C. The summed E-state index contributed by atoms with van der Waals surface area (Å²) in [5.74, 6) is 2.65. The molecular formula is C8H6N3O. The Morgan fingerprint density at radius 1 is 1.83 bits per heavy atom. The Kier molecular flexibility index (Phi) is 2.35. The van der Waals surface area contributed by atoms with Gasteiger partial charge in [-0.2, -0.15) is 10.4 Å². The smallest absolute Gasteiger partial charge is 0.231 e. The molecule has 0 saturated heterocycles. The first-order valence-corrected chi connectivity index (χ1v) is 3.20. The van der Waals surface area contributed by atoms with Crippen LogP contribution in [-0.2, 0) is 7.05 Å². The van der Waals surface area contributed by atoms with Crippen LogP contribution in [0.3, 0.4) is 0 Å². The van der Waals surface area contributed by atoms with Gasteiger partial charge in [-0.3, -0.25) is 0 Å². The maximum Gasteiger partial charge on any atom is 0.231 e. The standard InChI is InChI=1S/C8H6N3O/c1-3-4-12-8-7(5-9)6-10-11(8)2/h1H,4H2,2H3. The molecule has 0 fully saturated rings. The first kappa shape index (κ1) is 8.16. The van der Waals surface area contributed by atoms with E-state index in [9.17, 15) is 0 Å². The van der Waals surface area contributed by atoms with Gasteiger partial charge in [0.05, 0.1) is 0 Å². The minimum absolute atomic E-state index is 0.127. The average molecular weight is 160 g/mol. The Hall–Kier alpha value is -1.94. The van der Waals surface area contributed by atoms with Crippen molar-refractivity contribution in [3.8, 4) is 24.3 Å². The zero-order valence-electron chi connectivity index (χ0n) is 6.53. The minimum atomic E-state index is 0.127. The van der Waals surface area contributed by atoms with Gasteiger partial charge in [0.25, 0.3) is 0 Å². The van der Waals surface area contributed by atoms with Gasteiger partial charge in [0, 0.05) is 7.05 Å².